The summed E-state index contributed by atoms with van der Waals surface area (Å²) in [5, 5.41) is 9.49. The van der Waals surface area contributed by atoms with Gasteiger partial charge in [0.15, 0.2) is 0 Å². The van der Waals surface area contributed by atoms with Gasteiger partial charge in [0.1, 0.15) is 12.1 Å². The number of likely N-dealkylation sites (tertiary alicyclic amines) is 1. The second-order valence-electron chi connectivity index (χ2n) is 11.5. The summed E-state index contributed by atoms with van der Waals surface area (Å²) < 4.78 is 0. The van der Waals surface area contributed by atoms with Crippen LogP contribution in [0.4, 0.5) is 0 Å². The van der Waals surface area contributed by atoms with Gasteiger partial charge in [0.2, 0.25) is 11.8 Å². The van der Waals surface area contributed by atoms with Crippen molar-refractivity contribution in [3.63, 3.8) is 0 Å². The maximum atomic E-state index is 13.9. The molecule has 4 saturated carbocycles. The average molecular weight is 427 g/mol. The van der Waals surface area contributed by atoms with Crippen LogP contribution in [0.25, 0.3) is 0 Å². The van der Waals surface area contributed by atoms with Gasteiger partial charge in [-0.3, -0.25) is 14.5 Å². The maximum Gasteiger partial charge on any atom is 0.245 e. The fraction of sp³-hybridized carbons (Fsp3) is 0.880. The molecule has 2 atom stereocenters. The molecule has 170 valence electrons. The summed E-state index contributed by atoms with van der Waals surface area (Å²) in [5.74, 6) is 2.98. The number of hydrogen-bond acceptors (Lipinski definition) is 4. The fourth-order valence-corrected chi connectivity index (χ4v) is 8.03. The lowest BCUT2D eigenvalue weighted by molar-refractivity contribution is -0.162. The van der Waals surface area contributed by atoms with Crippen molar-refractivity contribution in [1.29, 1.82) is 5.26 Å². The van der Waals surface area contributed by atoms with E-state index in [1.165, 1.54) is 19.3 Å². The highest BCUT2D eigenvalue weighted by Crippen LogP contribution is 2.60. The Hall–Kier alpha value is -1.61. The number of amides is 2. The first-order valence-corrected chi connectivity index (χ1v) is 12.6. The third kappa shape index (κ3) is 3.67. The quantitative estimate of drug-likeness (QED) is 0.693. The third-order valence-corrected chi connectivity index (χ3v) is 9.07. The van der Waals surface area contributed by atoms with Crippen LogP contribution in [0.2, 0.25) is 0 Å². The highest BCUT2D eigenvalue weighted by Gasteiger charge is 2.57. The van der Waals surface area contributed by atoms with Crippen LogP contribution in [-0.4, -0.2) is 71.3 Å². The predicted octanol–water partition coefficient (Wildman–Crippen LogP) is 2.89. The summed E-state index contributed by atoms with van der Waals surface area (Å²) in [4.78, 5) is 33.5. The zero-order valence-electron chi connectivity index (χ0n) is 19.3. The van der Waals surface area contributed by atoms with Crippen LogP contribution in [0.3, 0.4) is 0 Å². The Morgan fingerprint density at radius 2 is 1.52 bits per heavy atom. The second-order valence-corrected chi connectivity index (χ2v) is 11.5. The monoisotopic (exact) mass is 426 g/mol. The molecule has 6 rings (SSSR count). The first-order chi connectivity index (χ1) is 14.9. The zero-order valence-corrected chi connectivity index (χ0v) is 19.3. The number of hydrogen-bond donors (Lipinski definition) is 0. The molecule has 31 heavy (non-hydrogen) atoms. The minimum Gasteiger partial charge on any atom is -0.338 e. The van der Waals surface area contributed by atoms with E-state index in [-0.39, 0.29) is 29.3 Å². The molecule has 0 spiro atoms. The van der Waals surface area contributed by atoms with Gasteiger partial charge in [0.25, 0.3) is 0 Å². The summed E-state index contributed by atoms with van der Waals surface area (Å²) in [7, 11) is 0. The smallest absolute Gasteiger partial charge is 0.245 e. The van der Waals surface area contributed by atoms with Gasteiger partial charge >= 0.3 is 0 Å². The minimum atomic E-state index is -0.260. The normalized spacial score (nSPS) is 38.5. The molecule has 6 nitrogen and oxygen atoms in total. The van der Waals surface area contributed by atoms with E-state index in [1.54, 1.807) is 0 Å². The molecule has 0 aromatic rings. The number of rotatable bonds is 4. The standard InChI is InChI=1S/C25H38N4O2/c1-17(2)22(16-26)27-6-8-28(9-7-27)23(30)21-4-3-5-29(21)24(31)25-13-18-10-19(14-25)12-20(11-18)15-25/h17-22H,3-15H2,1-2H3. The van der Waals surface area contributed by atoms with Gasteiger partial charge in [-0.2, -0.15) is 5.26 Å². The Morgan fingerprint density at radius 3 is 2.03 bits per heavy atom. The molecule has 2 aliphatic heterocycles. The second kappa shape index (κ2) is 8.06. The highest BCUT2D eigenvalue weighted by atomic mass is 16.2. The van der Waals surface area contributed by atoms with Crippen molar-refractivity contribution in [2.45, 2.75) is 77.3 Å². The van der Waals surface area contributed by atoms with Crippen molar-refractivity contribution in [2.75, 3.05) is 32.7 Å². The molecule has 6 fully saturated rings. The summed E-state index contributed by atoms with van der Waals surface area (Å²) in [6, 6.07) is 2.08. The van der Waals surface area contributed by atoms with E-state index in [9.17, 15) is 14.9 Å². The van der Waals surface area contributed by atoms with Crippen LogP contribution < -0.4 is 0 Å². The predicted molar refractivity (Wildman–Crippen MR) is 118 cm³/mol. The molecule has 2 saturated heterocycles. The Morgan fingerprint density at radius 1 is 0.935 bits per heavy atom. The summed E-state index contributed by atoms with van der Waals surface area (Å²) >= 11 is 0. The lowest BCUT2D eigenvalue weighted by Crippen LogP contribution is -2.59. The largest absolute Gasteiger partial charge is 0.338 e. The van der Waals surface area contributed by atoms with E-state index in [4.69, 9.17) is 0 Å². The van der Waals surface area contributed by atoms with Gasteiger partial charge in [-0.05, 0) is 75.0 Å². The molecule has 2 amide bonds. The molecule has 2 unspecified atom stereocenters. The van der Waals surface area contributed by atoms with E-state index in [0.29, 0.717) is 19.0 Å². The van der Waals surface area contributed by atoms with Crippen LogP contribution in [-0.2, 0) is 9.59 Å². The van der Waals surface area contributed by atoms with Gasteiger partial charge in [-0.1, -0.05) is 13.8 Å². The molecule has 0 aromatic heterocycles. The molecule has 0 N–H and O–H groups in total. The SMILES string of the molecule is CC(C)C(C#N)N1CCN(C(=O)C2CCCN2C(=O)C23CC4CC(CC(C4)C2)C3)CC1. The van der Waals surface area contributed by atoms with Crippen molar-refractivity contribution in [3.8, 4) is 6.07 Å². The summed E-state index contributed by atoms with van der Waals surface area (Å²) in [6.45, 7) is 7.74. The van der Waals surface area contributed by atoms with E-state index in [0.717, 1.165) is 69.5 Å². The van der Waals surface area contributed by atoms with E-state index in [1.807, 2.05) is 9.80 Å². The van der Waals surface area contributed by atoms with Crippen LogP contribution in [0.1, 0.15) is 65.2 Å². The summed E-state index contributed by atoms with van der Waals surface area (Å²) in [6.07, 6.45) is 8.95. The molecule has 0 radical (unpaired) electrons. The first kappa shape index (κ1) is 21.2. The van der Waals surface area contributed by atoms with Crippen molar-refractivity contribution < 1.29 is 9.59 Å². The molecular weight excluding hydrogens is 388 g/mol. The lowest BCUT2D eigenvalue weighted by atomic mass is 9.49. The highest BCUT2D eigenvalue weighted by molar-refractivity contribution is 5.91. The molecule has 4 aliphatic carbocycles. The van der Waals surface area contributed by atoms with E-state index >= 15 is 0 Å². The van der Waals surface area contributed by atoms with E-state index < -0.39 is 0 Å². The Balaban J connectivity index is 1.24. The van der Waals surface area contributed by atoms with Gasteiger partial charge in [-0.25, -0.2) is 0 Å². The van der Waals surface area contributed by atoms with Gasteiger partial charge in [0.05, 0.1) is 11.5 Å². The number of piperazine rings is 1. The molecule has 6 aliphatic rings. The Bertz CT molecular complexity index is 729. The summed E-state index contributed by atoms with van der Waals surface area (Å²) in [5.41, 5.74) is -0.159. The molecular formula is C25H38N4O2. The molecule has 4 bridgehead atoms. The number of carbonyl (C=O) groups excluding carboxylic acids is 2. The average Bonchev–Trinajstić information content (AvgIpc) is 3.22. The Kier molecular flexibility index (Phi) is 5.53. The van der Waals surface area contributed by atoms with Crippen molar-refractivity contribution in [2.24, 2.45) is 29.1 Å². The van der Waals surface area contributed by atoms with Gasteiger partial charge < -0.3 is 9.80 Å². The van der Waals surface area contributed by atoms with Gasteiger partial charge in [-0.15, -0.1) is 0 Å². The van der Waals surface area contributed by atoms with E-state index in [2.05, 4.69) is 24.8 Å². The van der Waals surface area contributed by atoms with Crippen molar-refractivity contribution >= 4 is 11.8 Å². The van der Waals surface area contributed by atoms with Crippen molar-refractivity contribution in [3.05, 3.63) is 0 Å². The van der Waals surface area contributed by atoms with Crippen LogP contribution in [0, 0.1) is 40.4 Å². The van der Waals surface area contributed by atoms with Crippen molar-refractivity contribution in [1.82, 2.24) is 14.7 Å². The fourth-order valence-electron chi connectivity index (χ4n) is 8.03. The zero-order chi connectivity index (χ0) is 21.8. The first-order valence-electron chi connectivity index (χ1n) is 12.6. The Labute approximate surface area is 186 Å². The molecule has 6 heteroatoms. The number of nitrogens with zero attached hydrogens (tertiary/aromatic N) is 4. The minimum absolute atomic E-state index is 0.0853. The molecule has 2 heterocycles. The topological polar surface area (TPSA) is 67.7 Å². The number of nitriles is 1. The lowest BCUT2D eigenvalue weighted by Gasteiger charge is -2.56. The van der Waals surface area contributed by atoms with Crippen LogP contribution in [0.15, 0.2) is 0 Å². The number of carbonyl (C=O) groups is 2. The maximum absolute atomic E-state index is 13.9. The molecule has 0 aromatic carbocycles. The van der Waals surface area contributed by atoms with Gasteiger partial charge in [0, 0.05) is 32.7 Å². The van der Waals surface area contributed by atoms with Crippen LogP contribution in [0.5, 0.6) is 0 Å². The third-order valence-electron chi connectivity index (χ3n) is 9.07. The van der Waals surface area contributed by atoms with Crippen LogP contribution >= 0.6 is 0 Å².